The van der Waals surface area contributed by atoms with Gasteiger partial charge in [0.2, 0.25) is 0 Å². The van der Waals surface area contributed by atoms with E-state index in [1.807, 2.05) is 6.07 Å². The molecule has 1 aliphatic heterocycles. The zero-order chi connectivity index (χ0) is 17.1. The molecule has 1 heterocycles. The van der Waals surface area contributed by atoms with Gasteiger partial charge in [-0.25, -0.2) is 4.79 Å². The summed E-state index contributed by atoms with van der Waals surface area (Å²) in [7, 11) is 0. The van der Waals surface area contributed by atoms with Gasteiger partial charge >= 0.3 is 5.97 Å². The van der Waals surface area contributed by atoms with Crippen LogP contribution >= 0.6 is 0 Å². The molecule has 4 rings (SSSR count). The zero-order valence-electron chi connectivity index (χ0n) is 14.5. The lowest BCUT2D eigenvalue weighted by Crippen LogP contribution is -2.50. The number of phenols is 1. The number of benzene rings is 1. The number of hydrogen-bond acceptors (Lipinski definition) is 3. The minimum Gasteiger partial charge on any atom is -0.507 e. The molecule has 4 heteroatoms. The summed E-state index contributed by atoms with van der Waals surface area (Å²) in [5.41, 5.74) is 1.42. The minimum absolute atomic E-state index is 0.0381. The Bertz CT molecular complexity index is 695. The van der Waals surface area contributed by atoms with Crippen LogP contribution in [0.15, 0.2) is 6.07 Å². The number of aryl methyl sites for hydroxylation is 1. The Morgan fingerprint density at radius 1 is 1.42 bits per heavy atom. The Balaban J connectivity index is 1.78. The molecule has 3 aliphatic rings. The number of carbonyl (C=O) groups is 1. The van der Waals surface area contributed by atoms with Crippen LogP contribution in [0.25, 0.3) is 0 Å². The van der Waals surface area contributed by atoms with Crippen molar-refractivity contribution in [1.29, 1.82) is 0 Å². The number of fused-ring (bicyclic) bond motifs is 2. The Hall–Kier alpha value is -1.71. The van der Waals surface area contributed by atoms with Crippen molar-refractivity contribution in [2.45, 2.75) is 70.3 Å². The van der Waals surface area contributed by atoms with Gasteiger partial charge in [-0.05, 0) is 62.5 Å². The summed E-state index contributed by atoms with van der Waals surface area (Å²) in [6.45, 7) is 4.31. The molecule has 0 radical (unpaired) electrons. The van der Waals surface area contributed by atoms with Gasteiger partial charge in [0.25, 0.3) is 0 Å². The molecular formula is C20H26O4. The van der Waals surface area contributed by atoms with Crippen molar-refractivity contribution < 1.29 is 19.7 Å². The van der Waals surface area contributed by atoms with Gasteiger partial charge in [0.1, 0.15) is 22.7 Å². The van der Waals surface area contributed by atoms with Crippen LogP contribution in [-0.2, 0) is 6.42 Å². The highest BCUT2D eigenvalue weighted by atomic mass is 16.5. The maximum atomic E-state index is 11.8. The van der Waals surface area contributed by atoms with Gasteiger partial charge in [0.15, 0.2) is 0 Å². The van der Waals surface area contributed by atoms with E-state index in [0.29, 0.717) is 23.8 Å². The normalized spacial score (nSPS) is 32.5. The third-order valence-electron chi connectivity index (χ3n) is 6.58. The van der Waals surface area contributed by atoms with Gasteiger partial charge in [-0.3, -0.25) is 0 Å². The maximum Gasteiger partial charge on any atom is 0.339 e. The van der Waals surface area contributed by atoms with Crippen molar-refractivity contribution in [3.05, 3.63) is 22.8 Å². The summed E-state index contributed by atoms with van der Waals surface area (Å²) >= 11 is 0. The number of unbranched alkanes of at least 4 members (excludes halogenated alkanes) is 2. The Kier molecular flexibility index (Phi) is 3.55. The summed E-state index contributed by atoms with van der Waals surface area (Å²) in [6, 6.07) is 1.90. The van der Waals surface area contributed by atoms with Crippen LogP contribution in [0.5, 0.6) is 11.5 Å². The third-order valence-corrected chi connectivity index (χ3v) is 6.58. The molecule has 4 nitrogen and oxygen atoms in total. The van der Waals surface area contributed by atoms with Gasteiger partial charge in [0, 0.05) is 11.5 Å². The Labute approximate surface area is 142 Å². The zero-order valence-corrected chi connectivity index (χ0v) is 14.5. The first-order valence-electron chi connectivity index (χ1n) is 9.27. The number of rotatable bonds is 5. The lowest BCUT2D eigenvalue weighted by molar-refractivity contribution is -0.0402. The SMILES string of the molecule is CCCCCc1cc2c(c(O)c1C(=O)O)[C@H]1CC3CC[C@@](C)(O2)[C@H]31. The Morgan fingerprint density at radius 3 is 2.92 bits per heavy atom. The molecule has 0 spiro atoms. The molecule has 2 N–H and O–H groups in total. The van der Waals surface area contributed by atoms with Crippen LogP contribution in [0.3, 0.4) is 0 Å². The molecule has 0 bridgehead atoms. The first-order valence-corrected chi connectivity index (χ1v) is 9.27. The van der Waals surface area contributed by atoms with E-state index in [1.165, 1.54) is 6.42 Å². The van der Waals surface area contributed by atoms with Gasteiger partial charge in [-0.15, -0.1) is 0 Å². The first-order chi connectivity index (χ1) is 11.5. The molecule has 1 unspecified atom stereocenters. The van der Waals surface area contributed by atoms with Crippen molar-refractivity contribution in [3.63, 3.8) is 0 Å². The highest BCUT2D eigenvalue weighted by Gasteiger charge is 2.61. The largest absolute Gasteiger partial charge is 0.507 e. The van der Waals surface area contributed by atoms with Gasteiger partial charge in [-0.1, -0.05) is 19.8 Å². The molecule has 1 aromatic carbocycles. The number of aromatic carboxylic acids is 1. The highest BCUT2D eigenvalue weighted by molar-refractivity contribution is 5.94. The monoisotopic (exact) mass is 330 g/mol. The molecule has 0 amide bonds. The fourth-order valence-corrected chi connectivity index (χ4v) is 5.44. The van der Waals surface area contributed by atoms with Crippen LogP contribution < -0.4 is 4.74 Å². The topological polar surface area (TPSA) is 66.8 Å². The number of aromatic hydroxyl groups is 1. The fourth-order valence-electron chi connectivity index (χ4n) is 5.44. The van der Waals surface area contributed by atoms with Gasteiger partial charge < -0.3 is 14.9 Å². The van der Waals surface area contributed by atoms with Crippen molar-refractivity contribution in [1.82, 2.24) is 0 Å². The third kappa shape index (κ3) is 2.08. The summed E-state index contributed by atoms with van der Waals surface area (Å²) in [6.07, 6.45) is 7.04. The molecule has 24 heavy (non-hydrogen) atoms. The van der Waals surface area contributed by atoms with Gasteiger partial charge in [0.05, 0.1) is 0 Å². The van der Waals surface area contributed by atoms with Crippen LogP contribution in [0.4, 0.5) is 0 Å². The van der Waals surface area contributed by atoms with Crippen LogP contribution in [0, 0.1) is 11.8 Å². The highest BCUT2D eigenvalue weighted by Crippen LogP contribution is 2.66. The van der Waals surface area contributed by atoms with Crippen molar-refractivity contribution >= 4 is 5.97 Å². The van der Waals surface area contributed by atoms with Crippen molar-refractivity contribution in [3.8, 4) is 11.5 Å². The molecular weight excluding hydrogens is 304 g/mol. The summed E-state index contributed by atoms with van der Waals surface area (Å²) in [5.74, 6) is 1.03. The average molecular weight is 330 g/mol. The summed E-state index contributed by atoms with van der Waals surface area (Å²) < 4.78 is 6.35. The predicted molar refractivity (Wildman–Crippen MR) is 90.9 cm³/mol. The second-order valence-corrected chi connectivity index (χ2v) is 8.01. The molecule has 2 aliphatic carbocycles. The lowest BCUT2D eigenvalue weighted by atomic mass is 9.58. The predicted octanol–water partition coefficient (Wildman–Crippen LogP) is 4.49. The maximum absolute atomic E-state index is 11.8. The smallest absolute Gasteiger partial charge is 0.339 e. The quantitative estimate of drug-likeness (QED) is 0.781. The molecule has 4 atom stereocenters. The molecule has 0 aromatic heterocycles. The van der Waals surface area contributed by atoms with E-state index < -0.39 is 5.97 Å². The van der Waals surface area contributed by atoms with Crippen LogP contribution in [0.1, 0.15) is 79.8 Å². The number of ether oxygens (including phenoxy) is 1. The Morgan fingerprint density at radius 2 is 2.21 bits per heavy atom. The van der Waals surface area contributed by atoms with E-state index in [0.717, 1.165) is 43.4 Å². The number of carboxylic acids is 1. The first kappa shape index (κ1) is 15.8. The molecule has 0 saturated heterocycles. The summed E-state index contributed by atoms with van der Waals surface area (Å²) in [4.78, 5) is 11.8. The second kappa shape index (κ2) is 5.40. The van der Waals surface area contributed by atoms with E-state index in [4.69, 9.17) is 4.74 Å². The van der Waals surface area contributed by atoms with Crippen molar-refractivity contribution in [2.24, 2.45) is 11.8 Å². The van der Waals surface area contributed by atoms with E-state index in [-0.39, 0.29) is 22.8 Å². The molecule has 2 saturated carbocycles. The fraction of sp³-hybridized carbons (Fsp3) is 0.650. The van der Waals surface area contributed by atoms with Gasteiger partial charge in [-0.2, -0.15) is 0 Å². The minimum atomic E-state index is -1.03. The van der Waals surface area contributed by atoms with Crippen LogP contribution in [-0.4, -0.2) is 21.8 Å². The van der Waals surface area contributed by atoms with E-state index in [9.17, 15) is 15.0 Å². The molecule has 2 fully saturated rings. The van der Waals surface area contributed by atoms with Crippen molar-refractivity contribution in [2.75, 3.05) is 0 Å². The van der Waals surface area contributed by atoms with E-state index in [2.05, 4.69) is 13.8 Å². The van der Waals surface area contributed by atoms with Crippen LogP contribution in [0.2, 0.25) is 0 Å². The second-order valence-electron chi connectivity index (χ2n) is 8.01. The number of carboxylic acid groups (broad SMARTS) is 1. The molecule has 130 valence electrons. The lowest BCUT2D eigenvalue weighted by Gasteiger charge is -2.52. The molecule has 1 aromatic rings. The standard InChI is InChI=1S/C20H26O4/c1-3-4-5-6-11-10-14-16(18(21)15(11)19(22)23)13-9-12-7-8-20(2,24-14)17(12)13/h10,12-13,17,21H,3-9H2,1-2H3,(H,22,23)/t12?,13-,17-,20-/m1/s1. The summed E-state index contributed by atoms with van der Waals surface area (Å²) in [5, 5.41) is 20.4. The average Bonchev–Trinajstić information content (AvgIpc) is 2.76. The van der Waals surface area contributed by atoms with E-state index >= 15 is 0 Å². The van der Waals surface area contributed by atoms with E-state index in [1.54, 1.807) is 0 Å². The number of hydrogen-bond donors (Lipinski definition) is 2.